The van der Waals surface area contributed by atoms with Gasteiger partial charge in [-0.3, -0.25) is 9.78 Å². The van der Waals surface area contributed by atoms with Crippen LogP contribution in [0.1, 0.15) is 27.4 Å². The maximum Gasteiger partial charge on any atom is 0.261 e. The Kier molecular flexibility index (Phi) is 4.59. The summed E-state index contributed by atoms with van der Waals surface area (Å²) in [6.45, 7) is 3.68. The van der Waals surface area contributed by atoms with Gasteiger partial charge in [0.1, 0.15) is 11.0 Å². The minimum Gasteiger partial charge on any atom is -0.355 e. The third kappa shape index (κ3) is 3.56. The summed E-state index contributed by atoms with van der Waals surface area (Å²) < 4.78 is 0. The van der Waals surface area contributed by atoms with Crippen molar-refractivity contribution >= 4 is 34.7 Å². The molecule has 1 aliphatic heterocycles. The fourth-order valence-electron chi connectivity index (χ4n) is 2.55. The summed E-state index contributed by atoms with van der Waals surface area (Å²) in [5, 5.41) is 3.52. The van der Waals surface area contributed by atoms with Crippen molar-refractivity contribution in [1.29, 1.82) is 0 Å². The highest BCUT2D eigenvalue weighted by molar-refractivity contribution is 7.13. The molecule has 0 radical (unpaired) electrons. The number of hydrogen-bond acceptors (Lipinski definition) is 5. The summed E-state index contributed by atoms with van der Waals surface area (Å²) >= 11 is 7.40. The average molecular weight is 337 g/mol. The van der Waals surface area contributed by atoms with Gasteiger partial charge < -0.3 is 10.2 Å². The van der Waals surface area contributed by atoms with E-state index in [0.29, 0.717) is 5.15 Å². The number of hydrogen-bond donors (Lipinski definition) is 1. The van der Waals surface area contributed by atoms with Crippen LogP contribution >= 0.6 is 22.9 Å². The van der Waals surface area contributed by atoms with Crippen LogP contribution in [0.5, 0.6) is 0 Å². The van der Waals surface area contributed by atoms with Gasteiger partial charge in [-0.1, -0.05) is 11.6 Å². The van der Waals surface area contributed by atoms with Crippen LogP contribution in [-0.2, 0) is 0 Å². The number of nitrogens with one attached hydrogen (secondary N) is 1. The molecule has 2 aromatic rings. The lowest BCUT2D eigenvalue weighted by Gasteiger charge is -2.32. The number of thiophene rings is 1. The van der Waals surface area contributed by atoms with Gasteiger partial charge in [-0.15, -0.1) is 11.3 Å². The Hall–Kier alpha value is -1.66. The van der Waals surface area contributed by atoms with Crippen LogP contribution in [0.2, 0.25) is 5.15 Å². The van der Waals surface area contributed by atoms with E-state index in [1.54, 1.807) is 6.20 Å². The zero-order valence-corrected chi connectivity index (χ0v) is 13.8. The van der Waals surface area contributed by atoms with Gasteiger partial charge in [0.2, 0.25) is 0 Å². The molecule has 3 heterocycles. The average Bonchev–Trinajstić information content (AvgIpc) is 2.95. The number of carbonyl (C=O) groups excluding carboxylic acids is 1. The zero-order chi connectivity index (χ0) is 15.5. The molecule has 22 heavy (non-hydrogen) atoms. The summed E-state index contributed by atoms with van der Waals surface area (Å²) in [5.41, 5.74) is 0. The Morgan fingerprint density at radius 3 is 2.77 bits per heavy atom. The van der Waals surface area contributed by atoms with E-state index >= 15 is 0 Å². The van der Waals surface area contributed by atoms with Gasteiger partial charge in [0, 0.05) is 24.0 Å². The molecule has 2 aromatic heterocycles. The molecular formula is C15H17ClN4OS. The maximum absolute atomic E-state index is 12.2. The molecule has 0 atom stereocenters. The quantitative estimate of drug-likeness (QED) is 0.936. The third-order valence-electron chi connectivity index (χ3n) is 3.71. The highest BCUT2D eigenvalue weighted by Crippen LogP contribution is 2.20. The number of piperidine rings is 1. The van der Waals surface area contributed by atoms with Crippen LogP contribution in [0.15, 0.2) is 24.5 Å². The maximum atomic E-state index is 12.2. The number of carbonyl (C=O) groups is 1. The van der Waals surface area contributed by atoms with Crippen LogP contribution in [0.3, 0.4) is 0 Å². The van der Waals surface area contributed by atoms with E-state index in [4.69, 9.17) is 11.6 Å². The summed E-state index contributed by atoms with van der Waals surface area (Å²) in [4.78, 5) is 24.6. The molecule has 116 valence electrons. The molecule has 1 amide bonds. The predicted molar refractivity (Wildman–Crippen MR) is 88.8 cm³/mol. The van der Waals surface area contributed by atoms with Gasteiger partial charge in [-0.25, -0.2) is 4.98 Å². The standard InChI is InChI=1S/C15H17ClN4OS/c1-10-2-3-12(22-10)15(21)18-11-4-6-20(7-5-11)14-9-17-8-13(16)19-14/h2-3,8-9,11H,4-7H2,1H3,(H,18,21). The first-order valence-corrected chi connectivity index (χ1v) is 8.41. The van der Waals surface area contributed by atoms with Crippen LogP contribution in [0.25, 0.3) is 0 Å². The van der Waals surface area contributed by atoms with Crippen LogP contribution in [0.4, 0.5) is 5.82 Å². The van der Waals surface area contributed by atoms with Gasteiger partial charge >= 0.3 is 0 Å². The van der Waals surface area contributed by atoms with Crippen molar-refractivity contribution in [2.75, 3.05) is 18.0 Å². The molecule has 1 fully saturated rings. The normalized spacial score (nSPS) is 15.8. The van der Waals surface area contributed by atoms with Crippen LogP contribution in [-0.4, -0.2) is 35.0 Å². The van der Waals surface area contributed by atoms with E-state index in [0.717, 1.165) is 41.5 Å². The molecule has 5 nitrogen and oxygen atoms in total. The molecule has 0 unspecified atom stereocenters. The number of aromatic nitrogens is 2. The second kappa shape index (κ2) is 6.62. The fraction of sp³-hybridized carbons (Fsp3) is 0.400. The molecule has 0 aliphatic carbocycles. The minimum absolute atomic E-state index is 0.0269. The molecule has 1 saturated heterocycles. The van der Waals surface area contributed by atoms with Crippen molar-refractivity contribution in [2.24, 2.45) is 0 Å². The van der Waals surface area contributed by atoms with E-state index in [-0.39, 0.29) is 11.9 Å². The molecular weight excluding hydrogens is 320 g/mol. The number of amides is 1. The summed E-state index contributed by atoms with van der Waals surface area (Å²) in [7, 11) is 0. The van der Waals surface area contributed by atoms with E-state index in [2.05, 4.69) is 20.2 Å². The molecule has 0 aromatic carbocycles. The van der Waals surface area contributed by atoms with Gasteiger partial charge in [0.15, 0.2) is 0 Å². The van der Waals surface area contributed by atoms with Gasteiger partial charge in [-0.2, -0.15) is 0 Å². The molecule has 0 spiro atoms. The van der Waals surface area contributed by atoms with Crippen molar-refractivity contribution in [3.63, 3.8) is 0 Å². The molecule has 0 saturated carbocycles. The Balaban J connectivity index is 1.54. The summed E-state index contributed by atoms with van der Waals surface area (Å²) in [6, 6.07) is 4.06. The lowest BCUT2D eigenvalue weighted by atomic mass is 10.1. The predicted octanol–water partition coefficient (Wildman–Crippen LogP) is 2.90. The third-order valence-corrected chi connectivity index (χ3v) is 4.89. The van der Waals surface area contributed by atoms with E-state index in [1.807, 2.05) is 19.1 Å². The van der Waals surface area contributed by atoms with Crippen LogP contribution in [0, 0.1) is 6.92 Å². The Bertz CT molecular complexity index is 667. The number of rotatable bonds is 3. The summed E-state index contributed by atoms with van der Waals surface area (Å²) in [5.74, 6) is 0.824. The lowest BCUT2D eigenvalue weighted by molar-refractivity contribution is 0.0935. The fourth-order valence-corrected chi connectivity index (χ4v) is 3.46. The SMILES string of the molecule is Cc1ccc(C(=O)NC2CCN(c3cncc(Cl)n3)CC2)s1. The van der Waals surface area contributed by atoms with Gasteiger partial charge in [-0.05, 0) is 31.9 Å². The Morgan fingerprint density at radius 2 is 2.14 bits per heavy atom. The minimum atomic E-state index is 0.0269. The van der Waals surface area contributed by atoms with Crippen molar-refractivity contribution in [3.8, 4) is 0 Å². The smallest absolute Gasteiger partial charge is 0.261 e. The zero-order valence-electron chi connectivity index (χ0n) is 12.3. The molecule has 1 N–H and O–H groups in total. The van der Waals surface area contributed by atoms with Crippen molar-refractivity contribution in [3.05, 3.63) is 39.4 Å². The Morgan fingerprint density at radius 1 is 1.36 bits per heavy atom. The second-order valence-electron chi connectivity index (χ2n) is 5.35. The van der Waals surface area contributed by atoms with Crippen LogP contribution < -0.4 is 10.2 Å². The van der Waals surface area contributed by atoms with Gasteiger partial charge in [0.25, 0.3) is 5.91 Å². The lowest BCUT2D eigenvalue weighted by Crippen LogP contribution is -2.44. The number of halogens is 1. The summed E-state index contributed by atoms with van der Waals surface area (Å²) in [6.07, 6.45) is 5.04. The monoisotopic (exact) mass is 336 g/mol. The first kappa shape index (κ1) is 15.2. The number of nitrogens with zero attached hydrogens (tertiary/aromatic N) is 3. The van der Waals surface area contributed by atoms with Crippen molar-refractivity contribution in [2.45, 2.75) is 25.8 Å². The molecule has 0 bridgehead atoms. The Labute approximate surface area is 138 Å². The van der Waals surface area contributed by atoms with E-state index < -0.39 is 0 Å². The first-order chi connectivity index (χ1) is 10.6. The largest absolute Gasteiger partial charge is 0.355 e. The van der Waals surface area contributed by atoms with Crippen molar-refractivity contribution < 1.29 is 4.79 Å². The van der Waals surface area contributed by atoms with Crippen molar-refractivity contribution in [1.82, 2.24) is 15.3 Å². The van der Waals surface area contributed by atoms with E-state index in [9.17, 15) is 4.79 Å². The van der Waals surface area contributed by atoms with E-state index in [1.165, 1.54) is 17.5 Å². The molecule has 7 heteroatoms. The number of anilines is 1. The highest BCUT2D eigenvalue weighted by atomic mass is 35.5. The molecule has 1 aliphatic rings. The highest BCUT2D eigenvalue weighted by Gasteiger charge is 2.22. The topological polar surface area (TPSA) is 58.1 Å². The van der Waals surface area contributed by atoms with Gasteiger partial charge in [0.05, 0.1) is 17.3 Å². The second-order valence-corrected chi connectivity index (χ2v) is 7.02. The molecule has 3 rings (SSSR count). The number of aryl methyl sites for hydroxylation is 1. The first-order valence-electron chi connectivity index (χ1n) is 7.21.